The Morgan fingerprint density at radius 3 is 2.46 bits per heavy atom. The third-order valence-corrected chi connectivity index (χ3v) is 6.14. The summed E-state index contributed by atoms with van der Waals surface area (Å²) in [5.74, 6) is -1.02. The van der Waals surface area contributed by atoms with Crippen LogP contribution in [0.2, 0.25) is 10.0 Å². The molecule has 0 radical (unpaired) electrons. The summed E-state index contributed by atoms with van der Waals surface area (Å²) in [6.45, 7) is 1.40. The predicted octanol–water partition coefficient (Wildman–Crippen LogP) is 5.19. The number of ketones is 1. The zero-order valence-electron chi connectivity index (χ0n) is 19.8. The number of nitrogens with one attached hydrogen (secondary N) is 2. The van der Waals surface area contributed by atoms with Crippen molar-refractivity contribution in [3.63, 3.8) is 0 Å². The van der Waals surface area contributed by atoms with Crippen LogP contribution in [0.3, 0.4) is 0 Å². The smallest absolute Gasteiger partial charge is 0.262 e. The largest absolute Gasteiger partial charge is 0.483 e. The van der Waals surface area contributed by atoms with Crippen molar-refractivity contribution in [2.75, 3.05) is 25.6 Å². The van der Waals surface area contributed by atoms with Crippen molar-refractivity contribution in [2.45, 2.75) is 11.8 Å². The lowest BCUT2D eigenvalue weighted by Crippen LogP contribution is -2.21. The molecule has 3 aromatic carbocycles. The first-order chi connectivity index (χ1) is 17.7. The fourth-order valence-electron chi connectivity index (χ4n) is 3.19. The van der Waals surface area contributed by atoms with Crippen LogP contribution in [0.5, 0.6) is 5.75 Å². The van der Waals surface area contributed by atoms with Crippen molar-refractivity contribution in [1.29, 1.82) is 5.26 Å². The van der Waals surface area contributed by atoms with E-state index in [2.05, 4.69) is 10.0 Å². The standard InChI is InChI=1S/C26H21Cl2N3O5S/c1-15-7-20(37-31-25(33)13-35-2)4-5-22(15)30-24(32)14-36-23-6-3-18(27)11-21(23)26(34)17-8-16(12-29)9-19(28)10-17/h3-11H,13-14H2,1-2H3,(H,30,32)(H,31,33). The van der Waals surface area contributed by atoms with Gasteiger partial charge in [0.2, 0.25) is 0 Å². The van der Waals surface area contributed by atoms with E-state index >= 15 is 0 Å². The number of rotatable bonds is 10. The quantitative estimate of drug-likeness (QED) is 0.260. The zero-order valence-corrected chi connectivity index (χ0v) is 22.1. The second-order valence-electron chi connectivity index (χ2n) is 7.68. The summed E-state index contributed by atoms with van der Waals surface area (Å²) in [7, 11) is 1.44. The second kappa shape index (κ2) is 13.1. The minimum absolute atomic E-state index is 0.0406. The molecule has 11 heteroatoms. The topological polar surface area (TPSA) is 118 Å². The Labute approximate surface area is 228 Å². The summed E-state index contributed by atoms with van der Waals surface area (Å²) in [6.07, 6.45) is 0. The number of aryl methyl sites for hydroxylation is 1. The Balaban J connectivity index is 1.68. The van der Waals surface area contributed by atoms with Gasteiger partial charge in [-0.2, -0.15) is 5.26 Å². The number of nitriles is 1. The highest BCUT2D eigenvalue weighted by molar-refractivity contribution is 7.98. The second-order valence-corrected chi connectivity index (χ2v) is 9.44. The van der Waals surface area contributed by atoms with E-state index in [4.69, 9.17) is 32.7 Å². The van der Waals surface area contributed by atoms with Gasteiger partial charge in [-0.1, -0.05) is 23.2 Å². The van der Waals surface area contributed by atoms with E-state index in [0.717, 1.165) is 22.4 Å². The minimum Gasteiger partial charge on any atom is -0.483 e. The van der Waals surface area contributed by atoms with Crippen LogP contribution in [0.1, 0.15) is 27.0 Å². The Hall–Kier alpha value is -3.55. The number of carbonyl (C=O) groups excluding carboxylic acids is 3. The molecule has 0 fully saturated rings. The van der Waals surface area contributed by atoms with Gasteiger partial charge in [-0.05, 0) is 79.0 Å². The van der Waals surface area contributed by atoms with Gasteiger partial charge in [-0.15, -0.1) is 0 Å². The molecule has 0 heterocycles. The van der Waals surface area contributed by atoms with Gasteiger partial charge in [0.25, 0.3) is 11.8 Å². The minimum atomic E-state index is -0.460. The number of amides is 2. The van der Waals surface area contributed by atoms with Crippen LogP contribution in [0, 0.1) is 18.3 Å². The van der Waals surface area contributed by atoms with Crippen molar-refractivity contribution in [3.8, 4) is 11.8 Å². The van der Waals surface area contributed by atoms with E-state index in [1.807, 2.05) is 19.1 Å². The van der Waals surface area contributed by atoms with E-state index in [-0.39, 0.29) is 46.6 Å². The van der Waals surface area contributed by atoms with Gasteiger partial charge < -0.3 is 14.8 Å². The average Bonchev–Trinajstić information content (AvgIpc) is 2.87. The zero-order chi connectivity index (χ0) is 26.9. The van der Waals surface area contributed by atoms with Crippen LogP contribution in [0.15, 0.2) is 59.5 Å². The highest BCUT2D eigenvalue weighted by Crippen LogP contribution is 2.27. The molecule has 3 aromatic rings. The molecule has 0 aliphatic heterocycles. The van der Waals surface area contributed by atoms with Crippen molar-refractivity contribution >= 4 is 58.4 Å². The van der Waals surface area contributed by atoms with Gasteiger partial charge in [0, 0.05) is 33.3 Å². The molecule has 0 bridgehead atoms. The van der Waals surface area contributed by atoms with Crippen LogP contribution in [-0.2, 0) is 14.3 Å². The number of benzene rings is 3. The van der Waals surface area contributed by atoms with E-state index in [1.54, 1.807) is 12.1 Å². The first-order valence-electron chi connectivity index (χ1n) is 10.7. The number of nitrogens with zero attached hydrogens (tertiary/aromatic N) is 1. The van der Waals surface area contributed by atoms with Crippen LogP contribution >= 0.6 is 35.1 Å². The predicted molar refractivity (Wildman–Crippen MR) is 142 cm³/mol. The summed E-state index contributed by atoms with van der Waals surface area (Å²) in [6, 6.07) is 16.0. The Morgan fingerprint density at radius 1 is 0.973 bits per heavy atom. The highest BCUT2D eigenvalue weighted by Gasteiger charge is 2.18. The molecule has 0 spiro atoms. The van der Waals surface area contributed by atoms with Crippen molar-refractivity contribution in [3.05, 3.63) is 86.9 Å². The van der Waals surface area contributed by atoms with E-state index in [0.29, 0.717) is 10.7 Å². The molecule has 3 rings (SSSR count). The molecule has 2 amide bonds. The van der Waals surface area contributed by atoms with Gasteiger partial charge in [0.05, 0.1) is 17.2 Å². The lowest BCUT2D eigenvalue weighted by atomic mass is 10.0. The molecule has 0 aromatic heterocycles. The molecular weight excluding hydrogens is 537 g/mol. The fraction of sp³-hybridized carbons (Fsp3) is 0.154. The maximum absolute atomic E-state index is 13.1. The summed E-state index contributed by atoms with van der Waals surface area (Å²) in [5, 5.41) is 12.5. The lowest BCUT2D eigenvalue weighted by molar-refractivity contribution is -0.122. The number of methoxy groups -OCH3 is 1. The van der Waals surface area contributed by atoms with Gasteiger partial charge in [-0.25, -0.2) is 0 Å². The molecule has 2 N–H and O–H groups in total. The van der Waals surface area contributed by atoms with E-state index in [1.165, 1.54) is 43.5 Å². The number of hydrogen-bond donors (Lipinski definition) is 2. The molecule has 0 unspecified atom stereocenters. The molecule has 190 valence electrons. The molecule has 37 heavy (non-hydrogen) atoms. The normalized spacial score (nSPS) is 10.4. The Bertz CT molecular complexity index is 1390. The maximum atomic E-state index is 13.1. The van der Waals surface area contributed by atoms with E-state index < -0.39 is 11.7 Å². The van der Waals surface area contributed by atoms with Crippen molar-refractivity contribution < 1.29 is 23.9 Å². The van der Waals surface area contributed by atoms with Gasteiger partial charge in [0.1, 0.15) is 12.4 Å². The van der Waals surface area contributed by atoms with Crippen molar-refractivity contribution in [2.24, 2.45) is 0 Å². The monoisotopic (exact) mass is 557 g/mol. The van der Waals surface area contributed by atoms with Gasteiger partial charge in [-0.3, -0.25) is 19.1 Å². The van der Waals surface area contributed by atoms with Crippen molar-refractivity contribution in [1.82, 2.24) is 4.72 Å². The number of ether oxygens (including phenoxy) is 2. The van der Waals surface area contributed by atoms with Crippen LogP contribution < -0.4 is 14.8 Å². The number of halogens is 2. The summed E-state index contributed by atoms with van der Waals surface area (Å²) < 4.78 is 13.1. The summed E-state index contributed by atoms with van der Waals surface area (Å²) >= 11 is 13.3. The number of anilines is 1. The fourth-order valence-corrected chi connectivity index (χ4v) is 4.26. The maximum Gasteiger partial charge on any atom is 0.262 e. The first-order valence-corrected chi connectivity index (χ1v) is 12.3. The third-order valence-electron chi connectivity index (χ3n) is 4.86. The Kier molecular flexibility index (Phi) is 9.94. The molecule has 0 saturated carbocycles. The average molecular weight is 558 g/mol. The highest BCUT2D eigenvalue weighted by atomic mass is 35.5. The first kappa shape index (κ1) is 28.0. The SMILES string of the molecule is COCC(=O)NSc1ccc(NC(=O)COc2ccc(Cl)cc2C(=O)c2cc(Cl)cc(C#N)c2)c(C)c1. The third kappa shape index (κ3) is 7.97. The summed E-state index contributed by atoms with van der Waals surface area (Å²) in [4.78, 5) is 38.0. The Morgan fingerprint density at radius 2 is 1.76 bits per heavy atom. The van der Waals surface area contributed by atoms with Crippen LogP contribution in [0.25, 0.3) is 0 Å². The van der Waals surface area contributed by atoms with Gasteiger partial charge >= 0.3 is 0 Å². The molecule has 0 aliphatic carbocycles. The molecule has 8 nitrogen and oxygen atoms in total. The van der Waals surface area contributed by atoms with Crippen LogP contribution in [0.4, 0.5) is 5.69 Å². The lowest BCUT2D eigenvalue weighted by Gasteiger charge is -2.13. The molecule has 0 aliphatic rings. The molecule has 0 saturated heterocycles. The number of hydrogen-bond acceptors (Lipinski definition) is 7. The van der Waals surface area contributed by atoms with Gasteiger partial charge in [0.15, 0.2) is 12.4 Å². The summed E-state index contributed by atoms with van der Waals surface area (Å²) in [5.41, 5.74) is 1.89. The van der Waals surface area contributed by atoms with Crippen LogP contribution in [-0.4, -0.2) is 37.9 Å². The molecular formula is C26H21Cl2N3O5S. The number of carbonyl (C=O) groups is 3. The van der Waals surface area contributed by atoms with E-state index in [9.17, 15) is 19.6 Å². The molecule has 0 atom stereocenters.